The Morgan fingerprint density at radius 1 is 1.09 bits per heavy atom. The third kappa shape index (κ3) is 4.05. The molecule has 23 heavy (non-hydrogen) atoms. The number of thiazole rings is 1. The summed E-state index contributed by atoms with van der Waals surface area (Å²) in [7, 11) is 0. The summed E-state index contributed by atoms with van der Waals surface area (Å²) in [5.41, 5.74) is 1.94. The lowest BCUT2D eigenvalue weighted by Gasteiger charge is -2.00. The molecular weight excluding hydrogens is 345 g/mol. The molecule has 0 saturated heterocycles. The van der Waals surface area contributed by atoms with Crippen molar-refractivity contribution in [2.75, 3.05) is 11.9 Å². The van der Waals surface area contributed by atoms with Crippen molar-refractivity contribution in [3.63, 3.8) is 0 Å². The minimum Gasteiger partial charge on any atom is -0.360 e. The summed E-state index contributed by atoms with van der Waals surface area (Å²) in [5.74, 6) is 0. The van der Waals surface area contributed by atoms with Crippen LogP contribution in [0.2, 0.25) is 0 Å². The highest BCUT2D eigenvalue weighted by Crippen LogP contribution is 2.33. The minimum absolute atomic E-state index is 0.163. The van der Waals surface area contributed by atoms with Crippen molar-refractivity contribution in [3.05, 3.63) is 46.4 Å². The lowest BCUT2D eigenvalue weighted by molar-refractivity contribution is -0.138. The van der Waals surface area contributed by atoms with Gasteiger partial charge in [0.15, 0.2) is 0 Å². The SMILES string of the molecule is FC(F)(F)c1nnc(NCCc2csc(-c3ccccc3)n2)s1. The Kier molecular flexibility index (Phi) is 4.58. The topological polar surface area (TPSA) is 50.7 Å². The third-order valence-electron chi connectivity index (χ3n) is 2.90. The molecule has 4 nitrogen and oxygen atoms in total. The van der Waals surface area contributed by atoms with Gasteiger partial charge < -0.3 is 5.32 Å². The largest absolute Gasteiger partial charge is 0.445 e. The first-order valence-electron chi connectivity index (χ1n) is 6.67. The first-order chi connectivity index (χ1) is 11.0. The molecule has 9 heteroatoms. The van der Waals surface area contributed by atoms with Crippen molar-refractivity contribution >= 4 is 27.8 Å². The van der Waals surface area contributed by atoms with Gasteiger partial charge in [0.2, 0.25) is 10.1 Å². The van der Waals surface area contributed by atoms with Gasteiger partial charge in [0.05, 0.1) is 5.69 Å². The summed E-state index contributed by atoms with van der Waals surface area (Å²) in [6, 6.07) is 9.82. The highest BCUT2D eigenvalue weighted by atomic mass is 32.1. The van der Waals surface area contributed by atoms with E-state index in [0.29, 0.717) is 24.3 Å². The molecule has 0 atom stereocenters. The Balaban J connectivity index is 1.55. The van der Waals surface area contributed by atoms with Gasteiger partial charge in [-0.2, -0.15) is 13.2 Å². The Labute approximate surface area is 138 Å². The van der Waals surface area contributed by atoms with Crippen LogP contribution in [0.5, 0.6) is 0 Å². The van der Waals surface area contributed by atoms with Crippen LogP contribution in [-0.4, -0.2) is 21.7 Å². The van der Waals surface area contributed by atoms with E-state index in [4.69, 9.17) is 0 Å². The molecule has 3 aromatic rings. The monoisotopic (exact) mass is 356 g/mol. The normalized spacial score (nSPS) is 11.6. The van der Waals surface area contributed by atoms with Crippen LogP contribution in [0.1, 0.15) is 10.7 Å². The molecule has 1 aromatic carbocycles. The molecular formula is C14H11F3N4S2. The van der Waals surface area contributed by atoms with E-state index in [9.17, 15) is 13.2 Å². The maximum Gasteiger partial charge on any atom is 0.445 e. The molecule has 0 bridgehead atoms. The number of alkyl halides is 3. The number of aromatic nitrogens is 3. The van der Waals surface area contributed by atoms with E-state index >= 15 is 0 Å². The van der Waals surface area contributed by atoms with Crippen LogP contribution in [0, 0.1) is 0 Å². The first kappa shape index (κ1) is 15.9. The fourth-order valence-corrected chi connectivity index (χ4v) is 3.34. The second kappa shape index (κ2) is 6.63. The summed E-state index contributed by atoms with van der Waals surface area (Å²) < 4.78 is 37.3. The lowest BCUT2D eigenvalue weighted by Crippen LogP contribution is -2.04. The molecule has 0 aliphatic rings. The molecule has 2 aromatic heterocycles. The molecule has 0 aliphatic heterocycles. The van der Waals surface area contributed by atoms with Crippen LogP contribution >= 0.6 is 22.7 Å². The lowest BCUT2D eigenvalue weighted by atomic mass is 10.2. The maximum absolute atomic E-state index is 12.4. The van der Waals surface area contributed by atoms with Gasteiger partial charge in [-0.05, 0) is 0 Å². The Hall–Kier alpha value is -2.00. The number of benzene rings is 1. The zero-order chi connectivity index (χ0) is 16.3. The van der Waals surface area contributed by atoms with Crippen LogP contribution in [0.4, 0.5) is 18.3 Å². The average molecular weight is 356 g/mol. The number of hydrogen-bond acceptors (Lipinski definition) is 6. The smallest absolute Gasteiger partial charge is 0.360 e. The van der Waals surface area contributed by atoms with Gasteiger partial charge in [0.25, 0.3) is 0 Å². The molecule has 3 rings (SSSR count). The zero-order valence-electron chi connectivity index (χ0n) is 11.7. The standard InChI is InChI=1S/C14H11F3N4S2/c15-14(16,17)12-20-21-13(23-12)18-7-6-10-8-22-11(19-10)9-4-2-1-3-5-9/h1-5,8H,6-7H2,(H,18,21). The van der Waals surface area contributed by atoms with Gasteiger partial charge in [-0.3, -0.25) is 0 Å². The molecule has 0 unspecified atom stereocenters. The van der Waals surface area contributed by atoms with Crippen LogP contribution in [-0.2, 0) is 12.6 Å². The minimum atomic E-state index is -4.45. The number of rotatable bonds is 5. The molecule has 120 valence electrons. The van der Waals surface area contributed by atoms with E-state index in [0.717, 1.165) is 16.3 Å². The highest BCUT2D eigenvalue weighted by Gasteiger charge is 2.35. The number of hydrogen-bond donors (Lipinski definition) is 1. The van der Waals surface area contributed by atoms with E-state index in [1.807, 2.05) is 35.7 Å². The van der Waals surface area contributed by atoms with E-state index < -0.39 is 11.2 Å². The molecule has 0 amide bonds. The van der Waals surface area contributed by atoms with E-state index in [1.165, 1.54) is 0 Å². The summed E-state index contributed by atoms with van der Waals surface area (Å²) >= 11 is 2.04. The molecule has 0 saturated carbocycles. The zero-order valence-corrected chi connectivity index (χ0v) is 13.3. The Morgan fingerprint density at radius 3 is 2.57 bits per heavy atom. The second-order valence-corrected chi connectivity index (χ2v) is 6.43. The van der Waals surface area contributed by atoms with Gasteiger partial charge in [0, 0.05) is 23.9 Å². The second-order valence-electron chi connectivity index (χ2n) is 4.60. The molecule has 1 N–H and O–H groups in total. The molecule has 0 spiro atoms. The number of nitrogens with zero attached hydrogens (tertiary/aromatic N) is 3. The number of halogens is 3. The van der Waals surface area contributed by atoms with Crippen LogP contribution in [0.3, 0.4) is 0 Å². The van der Waals surface area contributed by atoms with Gasteiger partial charge in [-0.1, -0.05) is 41.7 Å². The summed E-state index contributed by atoms with van der Waals surface area (Å²) in [4.78, 5) is 4.52. The van der Waals surface area contributed by atoms with Crippen molar-refractivity contribution in [1.82, 2.24) is 15.2 Å². The average Bonchev–Trinajstić information content (AvgIpc) is 3.17. The van der Waals surface area contributed by atoms with Gasteiger partial charge in [-0.15, -0.1) is 21.5 Å². The number of anilines is 1. The van der Waals surface area contributed by atoms with Gasteiger partial charge in [0.1, 0.15) is 5.01 Å². The fraction of sp³-hybridized carbons (Fsp3) is 0.214. The predicted octanol–water partition coefficient (Wildman–Crippen LogP) is 4.34. The van der Waals surface area contributed by atoms with Crippen molar-refractivity contribution in [2.45, 2.75) is 12.6 Å². The Morgan fingerprint density at radius 2 is 1.87 bits per heavy atom. The Bertz CT molecular complexity index is 768. The molecule has 0 fully saturated rings. The van der Waals surface area contributed by atoms with E-state index in [1.54, 1.807) is 11.3 Å². The van der Waals surface area contributed by atoms with E-state index in [-0.39, 0.29) is 5.13 Å². The van der Waals surface area contributed by atoms with Crippen molar-refractivity contribution in [1.29, 1.82) is 0 Å². The van der Waals surface area contributed by atoms with Crippen molar-refractivity contribution in [2.24, 2.45) is 0 Å². The molecule has 0 radical (unpaired) electrons. The van der Waals surface area contributed by atoms with E-state index in [2.05, 4.69) is 20.5 Å². The first-order valence-corrected chi connectivity index (χ1v) is 8.36. The quantitative estimate of drug-likeness (QED) is 0.739. The van der Waals surface area contributed by atoms with Crippen LogP contribution in [0.15, 0.2) is 35.7 Å². The van der Waals surface area contributed by atoms with Gasteiger partial charge >= 0.3 is 6.18 Å². The van der Waals surface area contributed by atoms with Crippen molar-refractivity contribution < 1.29 is 13.2 Å². The maximum atomic E-state index is 12.4. The molecule has 0 aliphatic carbocycles. The summed E-state index contributed by atoms with van der Waals surface area (Å²) in [6.45, 7) is 0.449. The van der Waals surface area contributed by atoms with Gasteiger partial charge in [-0.25, -0.2) is 4.98 Å². The molecule has 2 heterocycles. The van der Waals surface area contributed by atoms with Crippen molar-refractivity contribution in [3.8, 4) is 10.6 Å². The fourth-order valence-electron chi connectivity index (χ4n) is 1.84. The summed E-state index contributed by atoms with van der Waals surface area (Å²) in [6.07, 6.45) is -3.85. The van der Waals surface area contributed by atoms with Crippen LogP contribution in [0.25, 0.3) is 10.6 Å². The highest BCUT2D eigenvalue weighted by molar-refractivity contribution is 7.15. The predicted molar refractivity (Wildman–Crippen MR) is 84.7 cm³/mol. The third-order valence-corrected chi connectivity index (χ3v) is 4.76. The summed E-state index contributed by atoms with van der Waals surface area (Å²) in [5, 5.41) is 11.5. The van der Waals surface area contributed by atoms with Crippen LogP contribution < -0.4 is 5.32 Å². The number of nitrogens with one attached hydrogen (secondary N) is 1.